The average Bonchev–Trinajstić information content (AvgIpc) is 3.04. The number of rotatable bonds is 10. The molecule has 1 aromatic carbocycles. The summed E-state index contributed by atoms with van der Waals surface area (Å²) in [6.07, 6.45) is -7.91. The van der Waals surface area contributed by atoms with Crippen molar-refractivity contribution in [3.63, 3.8) is 0 Å². The van der Waals surface area contributed by atoms with E-state index >= 15 is 0 Å². The Labute approximate surface area is 196 Å². The van der Waals surface area contributed by atoms with E-state index < -0.39 is 62.8 Å². The summed E-state index contributed by atoms with van der Waals surface area (Å²) < 4.78 is 56.0. The van der Waals surface area contributed by atoms with Crippen LogP contribution in [0.1, 0.15) is 18.6 Å². The van der Waals surface area contributed by atoms with Crippen LogP contribution in [0.4, 0.5) is 14.6 Å². The minimum Gasteiger partial charge on any atom is -0.490 e. The molecule has 16 heteroatoms. The van der Waals surface area contributed by atoms with E-state index in [1.807, 2.05) is 0 Å². The number of alkyl halides is 2. The molecule has 13 nitrogen and oxygen atoms in total. The molecule has 0 bridgehead atoms. The third-order valence-corrected chi connectivity index (χ3v) is 6.13. The van der Waals surface area contributed by atoms with Crippen LogP contribution < -0.4 is 25.8 Å². The number of halogens is 2. The van der Waals surface area contributed by atoms with Gasteiger partial charge < -0.3 is 30.5 Å². The number of benzene rings is 1. The minimum atomic E-state index is -3.33. The monoisotopic (exact) mass is 519 g/mol. The van der Waals surface area contributed by atoms with Gasteiger partial charge in [-0.1, -0.05) is 11.2 Å². The molecule has 190 valence electrons. The van der Waals surface area contributed by atoms with E-state index in [2.05, 4.69) is 15.1 Å². The quantitative estimate of drug-likeness (QED) is 0.235. The van der Waals surface area contributed by atoms with Gasteiger partial charge in [0.15, 0.2) is 11.4 Å². The number of carbonyl (C=O) groups is 1. The number of nitrogens with one attached hydrogen (secondary N) is 2. The van der Waals surface area contributed by atoms with Crippen LogP contribution in [0, 0.1) is 0 Å². The highest BCUT2D eigenvalue weighted by atomic mass is 31.1. The van der Waals surface area contributed by atoms with Gasteiger partial charge in [0.2, 0.25) is 0 Å². The first kappa shape index (κ1) is 26.4. The number of H-pyrrole nitrogens is 1. The maximum Gasteiger partial charge on any atom is 0.664 e. The number of aromatic nitrogens is 2. The van der Waals surface area contributed by atoms with E-state index in [1.165, 1.54) is 31.2 Å². The largest absolute Gasteiger partial charge is 0.664 e. The van der Waals surface area contributed by atoms with Crippen molar-refractivity contribution in [3.05, 3.63) is 46.5 Å². The number of aliphatic carboxylic acids is 1. The maximum absolute atomic E-state index is 14.1. The van der Waals surface area contributed by atoms with Crippen molar-refractivity contribution in [1.29, 1.82) is 0 Å². The van der Waals surface area contributed by atoms with Crippen LogP contribution in [0.2, 0.25) is 0 Å². The summed E-state index contributed by atoms with van der Waals surface area (Å²) in [5.74, 6) is -1.60. The molecule has 1 aromatic heterocycles. The van der Waals surface area contributed by atoms with Crippen LogP contribution in [0.5, 0.6) is 11.5 Å². The second kappa shape index (κ2) is 10.6. The Morgan fingerprint density at radius 1 is 1.40 bits per heavy atom. The third kappa shape index (κ3) is 5.71. The Morgan fingerprint density at radius 2 is 2.09 bits per heavy atom. The van der Waals surface area contributed by atoms with E-state index in [9.17, 15) is 33.1 Å². The van der Waals surface area contributed by atoms with Gasteiger partial charge in [-0.05, 0) is 19.1 Å². The Kier molecular flexibility index (Phi) is 7.97. The lowest BCUT2D eigenvalue weighted by Crippen LogP contribution is -2.53. The number of nitrogens with zero attached hydrogens (tertiary/aromatic N) is 1. The molecule has 2 aromatic rings. The van der Waals surface area contributed by atoms with Crippen molar-refractivity contribution in [3.8, 4) is 11.5 Å². The number of hydrogen-bond donors (Lipinski definition) is 6. The topological polar surface area (TPSA) is 206 Å². The van der Waals surface area contributed by atoms with Gasteiger partial charge in [0, 0.05) is 22.4 Å². The molecule has 1 aliphatic heterocycles. The van der Waals surface area contributed by atoms with Crippen LogP contribution in [-0.2, 0) is 14.1 Å². The van der Waals surface area contributed by atoms with E-state index in [0.29, 0.717) is 0 Å². The van der Waals surface area contributed by atoms with Crippen molar-refractivity contribution in [2.75, 3.05) is 12.3 Å². The van der Waals surface area contributed by atoms with Gasteiger partial charge in [0.1, 0.15) is 42.5 Å². The first-order chi connectivity index (χ1) is 16.4. The number of hydrogen-bond acceptors (Lipinski definition) is 10. The summed E-state index contributed by atoms with van der Waals surface area (Å²) in [4.78, 5) is 27.7. The number of carboxylic acid groups (broad SMARTS) is 1. The Bertz CT molecular complexity index is 1150. The second-order valence-electron chi connectivity index (χ2n) is 7.59. The molecular formula is C19H22F2N4O9P+. The Hall–Kier alpha value is -3.23. The first-order valence-electron chi connectivity index (χ1n) is 9.98. The molecule has 0 radical (unpaired) electrons. The molecule has 35 heavy (non-hydrogen) atoms. The van der Waals surface area contributed by atoms with Gasteiger partial charge in [0.05, 0.1) is 0 Å². The van der Waals surface area contributed by atoms with Crippen LogP contribution in [0.25, 0.3) is 0 Å². The first-order valence-corrected chi connectivity index (χ1v) is 11.2. The van der Waals surface area contributed by atoms with Crippen molar-refractivity contribution in [2.45, 2.75) is 43.3 Å². The van der Waals surface area contributed by atoms with Crippen LogP contribution >= 0.6 is 8.18 Å². The predicted octanol–water partition coefficient (Wildman–Crippen LogP) is 0.327. The smallest absolute Gasteiger partial charge is 0.490 e. The van der Waals surface area contributed by atoms with Crippen molar-refractivity contribution >= 4 is 20.0 Å². The van der Waals surface area contributed by atoms with Crippen LogP contribution in [0.3, 0.4) is 0 Å². The predicted molar refractivity (Wildman–Crippen MR) is 114 cm³/mol. The minimum absolute atomic E-state index is 0.0299. The summed E-state index contributed by atoms with van der Waals surface area (Å²) in [6, 6.07) is 4.14. The lowest BCUT2D eigenvalue weighted by molar-refractivity contribution is -0.182. The molecule has 7 N–H and O–H groups in total. The number of nitrogen functional groups attached to an aromatic ring is 1. The molecular weight excluding hydrogens is 497 g/mol. The number of anilines is 1. The Morgan fingerprint density at radius 3 is 2.71 bits per heavy atom. The summed E-state index contributed by atoms with van der Waals surface area (Å²) in [6.45, 7) is 0.327. The number of aliphatic hydroxyl groups excluding tert-OH is 2. The summed E-state index contributed by atoms with van der Waals surface area (Å²) in [5.41, 5.74) is 2.08. The molecule has 0 spiro atoms. The highest BCUT2D eigenvalue weighted by Gasteiger charge is 2.61. The fourth-order valence-electron chi connectivity index (χ4n) is 3.24. The van der Waals surface area contributed by atoms with Crippen LogP contribution in [-0.4, -0.2) is 68.1 Å². The van der Waals surface area contributed by atoms with Crippen molar-refractivity contribution < 1.29 is 47.5 Å². The summed E-state index contributed by atoms with van der Waals surface area (Å²) in [5, 5.41) is 31.9. The van der Waals surface area contributed by atoms with E-state index in [1.54, 1.807) is 0 Å². The third-order valence-electron chi connectivity index (χ3n) is 5.16. The molecule has 0 saturated carbocycles. The van der Waals surface area contributed by atoms with E-state index in [-0.39, 0.29) is 22.9 Å². The molecule has 0 aliphatic carbocycles. The van der Waals surface area contributed by atoms with Gasteiger partial charge in [-0.2, -0.15) is 0 Å². The lowest BCUT2D eigenvalue weighted by atomic mass is 9.94. The maximum atomic E-state index is 14.1. The van der Waals surface area contributed by atoms with Crippen molar-refractivity contribution in [2.24, 2.45) is 0 Å². The van der Waals surface area contributed by atoms with Gasteiger partial charge in [-0.3, -0.25) is 9.78 Å². The lowest BCUT2D eigenvalue weighted by Gasteiger charge is -2.31. The van der Waals surface area contributed by atoms with Gasteiger partial charge in [0.25, 0.3) is 6.43 Å². The number of ether oxygens (including phenoxy) is 2. The average molecular weight is 519 g/mol. The molecule has 1 aliphatic rings. The van der Waals surface area contributed by atoms with Gasteiger partial charge >= 0.3 is 19.8 Å². The number of aliphatic hydroxyl groups is 2. The molecule has 2 unspecified atom stereocenters. The number of aromatic amines is 1. The second-order valence-corrected chi connectivity index (χ2v) is 8.54. The summed E-state index contributed by atoms with van der Waals surface area (Å²) >= 11 is 0. The molecule has 1 fully saturated rings. The highest BCUT2D eigenvalue weighted by molar-refractivity contribution is 7.37. The van der Waals surface area contributed by atoms with E-state index in [0.717, 1.165) is 6.20 Å². The zero-order valence-electron chi connectivity index (χ0n) is 18.0. The highest BCUT2D eigenvalue weighted by Crippen LogP contribution is 2.44. The van der Waals surface area contributed by atoms with Crippen LogP contribution in [0.15, 0.2) is 35.3 Å². The number of nitrogens with two attached hydrogens (primary N) is 1. The molecule has 6 atom stereocenters. The molecule has 0 amide bonds. The van der Waals surface area contributed by atoms with Crippen molar-refractivity contribution in [1.82, 2.24) is 15.1 Å². The van der Waals surface area contributed by atoms with E-state index in [4.69, 9.17) is 24.8 Å². The summed E-state index contributed by atoms with van der Waals surface area (Å²) in [7, 11) is -2.63. The Balaban J connectivity index is 1.75. The standard InChI is InChI=1S/C19H21F2N4O9P/c1-8(16(28)29)25-35(31)34-10-4-2-3-9(5-10)32-7-19(17(20)21)14(27)12(26)13(33-19)11-6-23-18(30)24-15(11)22/h2-6,8,12-14,17,26-27H,7H2,1H3,(H4-,22,23,24,25,28,29,30,31)/p+1/t8?,12-,13+,14-,19+/m0/s1. The fraction of sp³-hybridized carbons (Fsp3) is 0.421. The molecule has 2 heterocycles. The van der Waals surface area contributed by atoms with Gasteiger partial charge in [-0.25, -0.2) is 23.1 Å². The zero-order valence-corrected chi connectivity index (χ0v) is 18.9. The molecule has 3 rings (SSSR count). The zero-order chi connectivity index (χ0) is 25.9. The normalized spacial score (nSPS) is 25.3. The fourth-order valence-corrected chi connectivity index (χ4v) is 4.02. The number of carboxylic acids is 1. The molecule has 1 saturated heterocycles. The SMILES string of the molecule is CC(N[P+](=O)Oc1cccc(OC[C@@]2(C(F)F)O[C@H](c3cnc(=O)[nH]c3N)[C@H](O)[C@@H]2O)c1)C(=O)O. The van der Waals surface area contributed by atoms with Gasteiger partial charge in [-0.15, -0.1) is 0 Å².